The molecule has 4 aromatic carbocycles. The molecule has 0 aromatic heterocycles. The highest BCUT2D eigenvalue weighted by atomic mass is 16.6. The van der Waals surface area contributed by atoms with E-state index in [1.807, 2.05) is 30.3 Å². The molecule has 7 nitrogen and oxygen atoms in total. The van der Waals surface area contributed by atoms with Crippen molar-refractivity contribution in [3.63, 3.8) is 0 Å². The Balaban J connectivity index is 1.49. The van der Waals surface area contributed by atoms with Crippen LogP contribution in [0.2, 0.25) is 0 Å². The number of carbonyl (C=O) groups is 3. The largest absolute Gasteiger partial charge is 0.490 e. The SMILES string of the molecule is C=C(C1=CO[C@H](COC(=O)c2ccccc2)[C@@H](OC(=O)c2ccccc2)[C@@H]1OC(=O)c1ccccc1)c1ccccc1. The van der Waals surface area contributed by atoms with Gasteiger partial charge in [0.1, 0.15) is 6.61 Å². The molecule has 1 heterocycles. The second-order valence-corrected chi connectivity index (χ2v) is 9.48. The number of esters is 3. The quantitative estimate of drug-likeness (QED) is 0.176. The van der Waals surface area contributed by atoms with Gasteiger partial charge in [0, 0.05) is 5.57 Å². The molecule has 5 rings (SSSR count). The molecule has 0 unspecified atom stereocenters. The van der Waals surface area contributed by atoms with Crippen molar-refractivity contribution in [1.82, 2.24) is 0 Å². The van der Waals surface area contributed by atoms with E-state index in [1.54, 1.807) is 91.0 Å². The molecule has 1 aliphatic heterocycles. The highest BCUT2D eigenvalue weighted by Crippen LogP contribution is 2.34. The molecule has 3 atom stereocenters. The fraction of sp³-hybridized carbons (Fsp3) is 0.114. The van der Waals surface area contributed by atoms with E-state index >= 15 is 0 Å². The number of rotatable bonds is 9. The van der Waals surface area contributed by atoms with Gasteiger partial charge in [-0.05, 0) is 47.5 Å². The first-order valence-corrected chi connectivity index (χ1v) is 13.4. The normalized spacial score (nSPS) is 17.6. The van der Waals surface area contributed by atoms with Crippen LogP contribution in [0.1, 0.15) is 36.6 Å². The lowest BCUT2D eigenvalue weighted by Crippen LogP contribution is -2.50. The summed E-state index contributed by atoms with van der Waals surface area (Å²) in [6.45, 7) is 3.95. The van der Waals surface area contributed by atoms with Crippen LogP contribution in [0, 0.1) is 0 Å². The van der Waals surface area contributed by atoms with E-state index < -0.39 is 36.2 Å². The monoisotopic (exact) mass is 560 g/mol. The molecule has 0 bridgehead atoms. The lowest BCUT2D eigenvalue weighted by atomic mass is 9.90. The minimum atomic E-state index is -1.19. The fourth-order valence-corrected chi connectivity index (χ4v) is 4.47. The molecule has 1 aliphatic rings. The van der Waals surface area contributed by atoms with Crippen LogP contribution in [0.3, 0.4) is 0 Å². The maximum atomic E-state index is 13.3. The van der Waals surface area contributed by atoms with E-state index in [2.05, 4.69) is 6.58 Å². The third-order valence-electron chi connectivity index (χ3n) is 6.70. The molecule has 0 saturated heterocycles. The Morgan fingerprint density at radius 3 is 1.52 bits per heavy atom. The van der Waals surface area contributed by atoms with Gasteiger partial charge in [0.2, 0.25) is 0 Å². The highest BCUT2D eigenvalue weighted by Gasteiger charge is 2.44. The summed E-state index contributed by atoms with van der Waals surface area (Å²) in [6.07, 6.45) is -1.89. The van der Waals surface area contributed by atoms with Crippen LogP contribution in [0.25, 0.3) is 5.57 Å². The van der Waals surface area contributed by atoms with Crippen molar-refractivity contribution in [2.45, 2.75) is 18.3 Å². The molecule has 0 saturated carbocycles. The minimum Gasteiger partial charge on any atom is -0.490 e. The Bertz CT molecular complexity index is 1570. The van der Waals surface area contributed by atoms with Crippen molar-refractivity contribution in [3.05, 3.63) is 162 Å². The lowest BCUT2D eigenvalue weighted by molar-refractivity contribution is -0.101. The molecule has 0 aliphatic carbocycles. The number of hydrogen-bond acceptors (Lipinski definition) is 7. The topological polar surface area (TPSA) is 88.1 Å². The number of carbonyl (C=O) groups excluding carboxylic acids is 3. The Hall–Kier alpha value is -5.43. The lowest BCUT2D eigenvalue weighted by Gasteiger charge is -2.37. The van der Waals surface area contributed by atoms with Crippen LogP contribution in [0.4, 0.5) is 0 Å². The fourth-order valence-electron chi connectivity index (χ4n) is 4.47. The standard InChI is InChI=1S/C35H28O7/c1-24(25-14-6-2-7-15-25)29-22-39-30(23-40-33(36)26-16-8-3-9-17-26)32(42-35(38)28-20-12-5-13-21-28)31(29)41-34(37)27-18-10-4-11-19-27/h2-22,30-32H,1,23H2/t30-,31-,32-/m1/s1. The summed E-state index contributed by atoms with van der Waals surface area (Å²) < 4.78 is 23.6. The first-order chi connectivity index (χ1) is 20.5. The van der Waals surface area contributed by atoms with Gasteiger partial charge in [-0.3, -0.25) is 0 Å². The van der Waals surface area contributed by atoms with Crippen LogP contribution in [0.15, 0.2) is 140 Å². The van der Waals surface area contributed by atoms with Crippen molar-refractivity contribution in [3.8, 4) is 0 Å². The van der Waals surface area contributed by atoms with Crippen LogP contribution in [-0.2, 0) is 18.9 Å². The molecule has 0 fully saturated rings. The number of ether oxygens (including phenoxy) is 4. The minimum absolute atomic E-state index is 0.276. The van der Waals surface area contributed by atoms with E-state index in [0.717, 1.165) is 5.56 Å². The zero-order chi connectivity index (χ0) is 29.3. The molecule has 0 N–H and O–H groups in total. The maximum absolute atomic E-state index is 13.3. The molecule has 42 heavy (non-hydrogen) atoms. The zero-order valence-corrected chi connectivity index (χ0v) is 22.6. The molecule has 0 spiro atoms. The van der Waals surface area contributed by atoms with E-state index in [0.29, 0.717) is 27.8 Å². The Labute approximate surface area is 243 Å². The van der Waals surface area contributed by atoms with Gasteiger partial charge in [-0.25, -0.2) is 14.4 Å². The summed E-state index contributed by atoms with van der Waals surface area (Å²) >= 11 is 0. The summed E-state index contributed by atoms with van der Waals surface area (Å²) in [5, 5.41) is 0. The molecular weight excluding hydrogens is 532 g/mol. The Morgan fingerprint density at radius 1 is 0.595 bits per heavy atom. The van der Waals surface area contributed by atoms with Crippen molar-refractivity contribution in [2.75, 3.05) is 6.61 Å². The van der Waals surface area contributed by atoms with Gasteiger partial charge < -0.3 is 18.9 Å². The van der Waals surface area contributed by atoms with Crippen LogP contribution >= 0.6 is 0 Å². The number of benzene rings is 4. The van der Waals surface area contributed by atoms with Crippen LogP contribution in [-0.4, -0.2) is 42.8 Å². The van der Waals surface area contributed by atoms with E-state index in [-0.39, 0.29) is 6.61 Å². The summed E-state index contributed by atoms with van der Waals surface area (Å²) in [5.74, 6) is -1.86. The number of hydrogen-bond donors (Lipinski definition) is 0. The highest BCUT2D eigenvalue weighted by molar-refractivity contribution is 5.91. The Morgan fingerprint density at radius 2 is 1.02 bits per heavy atom. The molecule has 210 valence electrons. The predicted octanol–water partition coefficient (Wildman–Crippen LogP) is 6.29. The van der Waals surface area contributed by atoms with Crippen molar-refractivity contribution < 1.29 is 33.3 Å². The van der Waals surface area contributed by atoms with Gasteiger partial charge in [-0.15, -0.1) is 0 Å². The van der Waals surface area contributed by atoms with E-state index in [1.165, 1.54) is 6.26 Å². The molecule has 7 heteroatoms. The summed E-state index contributed by atoms with van der Waals surface area (Å²) in [4.78, 5) is 39.4. The van der Waals surface area contributed by atoms with Crippen LogP contribution in [0.5, 0.6) is 0 Å². The zero-order valence-electron chi connectivity index (χ0n) is 22.6. The van der Waals surface area contributed by atoms with E-state index in [9.17, 15) is 14.4 Å². The van der Waals surface area contributed by atoms with Gasteiger partial charge in [-0.1, -0.05) is 91.5 Å². The van der Waals surface area contributed by atoms with Gasteiger partial charge >= 0.3 is 17.9 Å². The average molecular weight is 561 g/mol. The van der Waals surface area contributed by atoms with Crippen molar-refractivity contribution in [2.24, 2.45) is 0 Å². The first-order valence-electron chi connectivity index (χ1n) is 13.4. The van der Waals surface area contributed by atoms with Gasteiger partial charge in [0.05, 0.1) is 23.0 Å². The summed E-state index contributed by atoms with van der Waals surface area (Å²) in [6, 6.07) is 34.7. The van der Waals surface area contributed by atoms with Crippen molar-refractivity contribution in [1.29, 1.82) is 0 Å². The molecular formula is C35H28O7. The van der Waals surface area contributed by atoms with Gasteiger partial charge in [0.15, 0.2) is 18.3 Å². The second-order valence-electron chi connectivity index (χ2n) is 9.48. The van der Waals surface area contributed by atoms with E-state index in [4.69, 9.17) is 18.9 Å². The summed E-state index contributed by atoms with van der Waals surface area (Å²) in [7, 11) is 0. The first kappa shape index (κ1) is 28.1. The summed E-state index contributed by atoms with van der Waals surface area (Å²) in [5.41, 5.74) is 2.64. The third-order valence-corrected chi connectivity index (χ3v) is 6.70. The third kappa shape index (κ3) is 6.64. The smallest absolute Gasteiger partial charge is 0.338 e. The molecule has 0 radical (unpaired) electrons. The predicted molar refractivity (Wildman–Crippen MR) is 156 cm³/mol. The van der Waals surface area contributed by atoms with Gasteiger partial charge in [-0.2, -0.15) is 0 Å². The van der Waals surface area contributed by atoms with Gasteiger partial charge in [0.25, 0.3) is 0 Å². The Kier molecular flexibility index (Phi) is 8.89. The molecule has 4 aromatic rings. The van der Waals surface area contributed by atoms with Crippen molar-refractivity contribution >= 4 is 23.5 Å². The maximum Gasteiger partial charge on any atom is 0.338 e. The second kappa shape index (κ2) is 13.3. The molecule has 0 amide bonds. The average Bonchev–Trinajstić information content (AvgIpc) is 3.05. The van der Waals surface area contributed by atoms with Crippen LogP contribution < -0.4 is 0 Å².